The fraction of sp³-hybridized carbons (Fsp3) is 0.667. The third kappa shape index (κ3) is 3.14. The van der Waals surface area contributed by atoms with Crippen LogP contribution in [-0.4, -0.2) is 43.0 Å². The van der Waals surface area contributed by atoms with Crippen molar-refractivity contribution in [1.29, 1.82) is 0 Å². The molecule has 1 fully saturated rings. The van der Waals surface area contributed by atoms with Crippen LogP contribution in [0, 0.1) is 0 Å². The summed E-state index contributed by atoms with van der Waals surface area (Å²) in [6.07, 6.45) is 1.37. The van der Waals surface area contributed by atoms with Crippen molar-refractivity contribution in [2.75, 3.05) is 31.6 Å². The van der Waals surface area contributed by atoms with Gasteiger partial charge in [0.05, 0.1) is 18.4 Å². The van der Waals surface area contributed by atoms with Gasteiger partial charge >= 0.3 is 0 Å². The van der Waals surface area contributed by atoms with Crippen molar-refractivity contribution in [2.24, 2.45) is 0 Å². The third-order valence-electron chi connectivity index (χ3n) is 2.98. The van der Waals surface area contributed by atoms with E-state index in [9.17, 15) is 0 Å². The zero-order valence-electron chi connectivity index (χ0n) is 10.5. The van der Waals surface area contributed by atoms with E-state index in [4.69, 9.17) is 4.74 Å². The van der Waals surface area contributed by atoms with Crippen LogP contribution in [0.2, 0.25) is 0 Å². The lowest BCUT2D eigenvalue weighted by Crippen LogP contribution is -2.42. The number of ether oxygens (including phenoxy) is 1. The Balaban J connectivity index is 2.01. The van der Waals surface area contributed by atoms with Gasteiger partial charge in [-0.2, -0.15) is 5.10 Å². The predicted molar refractivity (Wildman–Crippen MR) is 67.0 cm³/mol. The topological polar surface area (TPSA) is 50.3 Å². The summed E-state index contributed by atoms with van der Waals surface area (Å²) in [6, 6.07) is 4.06. The predicted octanol–water partition coefficient (Wildman–Crippen LogP) is 0.811. The van der Waals surface area contributed by atoms with E-state index in [1.807, 2.05) is 19.2 Å². The van der Waals surface area contributed by atoms with Crippen molar-refractivity contribution in [1.82, 2.24) is 15.5 Å². The van der Waals surface area contributed by atoms with E-state index in [1.165, 1.54) is 0 Å². The highest BCUT2D eigenvalue weighted by Gasteiger charge is 2.20. The van der Waals surface area contributed by atoms with Gasteiger partial charge < -0.3 is 15.0 Å². The molecule has 1 atom stereocenters. The smallest absolute Gasteiger partial charge is 0.151 e. The van der Waals surface area contributed by atoms with E-state index in [-0.39, 0.29) is 0 Å². The molecule has 1 aromatic heterocycles. The molecule has 0 bridgehead atoms. The molecule has 1 unspecified atom stereocenters. The van der Waals surface area contributed by atoms with Crippen molar-refractivity contribution >= 4 is 5.82 Å². The molecule has 1 aromatic rings. The highest BCUT2D eigenvalue weighted by Crippen LogP contribution is 2.15. The van der Waals surface area contributed by atoms with Crippen LogP contribution >= 0.6 is 0 Å². The first kappa shape index (κ1) is 12.3. The molecule has 1 saturated heterocycles. The minimum absolute atomic E-state index is 0.322. The lowest BCUT2D eigenvalue weighted by atomic mass is 10.2. The quantitative estimate of drug-likeness (QED) is 0.838. The lowest BCUT2D eigenvalue weighted by molar-refractivity contribution is 0.0381. The normalized spacial score (nSPS) is 20.6. The number of aromatic nitrogens is 2. The van der Waals surface area contributed by atoms with Gasteiger partial charge in [0.1, 0.15) is 0 Å². The zero-order valence-corrected chi connectivity index (χ0v) is 10.5. The summed E-state index contributed by atoms with van der Waals surface area (Å²) in [5.74, 6) is 0.951. The summed E-state index contributed by atoms with van der Waals surface area (Å²) >= 11 is 0. The van der Waals surface area contributed by atoms with Crippen molar-refractivity contribution < 1.29 is 4.74 Å². The Morgan fingerprint density at radius 3 is 3.00 bits per heavy atom. The van der Waals surface area contributed by atoms with Crippen LogP contribution in [0.25, 0.3) is 0 Å². The molecular weight excluding hydrogens is 216 g/mol. The lowest BCUT2D eigenvalue weighted by Gasteiger charge is -2.32. The molecule has 0 aliphatic carbocycles. The first-order valence-corrected chi connectivity index (χ1v) is 6.17. The summed E-state index contributed by atoms with van der Waals surface area (Å²) in [4.78, 5) is 2.24. The Labute approximate surface area is 102 Å². The molecular formula is C12H20N4O. The maximum Gasteiger partial charge on any atom is 0.151 e. The summed E-state index contributed by atoms with van der Waals surface area (Å²) in [5.41, 5.74) is 0.969. The number of nitrogens with zero attached hydrogens (tertiary/aromatic N) is 3. The van der Waals surface area contributed by atoms with Gasteiger partial charge in [-0.25, -0.2) is 0 Å². The Bertz CT molecular complexity index is 341. The molecule has 17 heavy (non-hydrogen) atoms. The Kier molecular flexibility index (Phi) is 4.28. The second-order valence-corrected chi connectivity index (χ2v) is 4.26. The van der Waals surface area contributed by atoms with Gasteiger partial charge in [-0.3, -0.25) is 0 Å². The molecule has 5 nitrogen and oxygen atoms in total. The second-order valence-electron chi connectivity index (χ2n) is 4.26. The van der Waals surface area contributed by atoms with Crippen molar-refractivity contribution in [3.05, 3.63) is 17.8 Å². The van der Waals surface area contributed by atoms with Crippen LogP contribution < -0.4 is 10.2 Å². The van der Waals surface area contributed by atoms with Crippen LogP contribution in [0.5, 0.6) is 0 Å². The number of nitrogens with one attached hydrogen (secondary N) is 1. The minimum atomic E-state index is 0.322. The SMILES string of the molecule is CCC1CN(c2ccc(CNC)nn2)CCO1. The fourth-order valence-corrected chi connectivity index (χ4v) is 1.97. The summed E-state index contributed by atoms with van der Waals surface area (Å²) in [5, 5.41) is 11.5. The van der Waals surface area contributed by atoms with Crippen LogP contribution in [0.4, 0.5) is 5.82 Å². The van der Waals surface area contributed by atoms with Crippen LogP contribution in [0.15, 0.2) is 12.1 Å². The largest absolute Gasteiger partial charge is 0.375 e. The molecule has 94 valence electrons. The third-order valence-corrected chi connectivity index (χ3v) is 2.98. The number of morpholine rings is 1. The van der Waals surface area contributed by atoms with Gasteiger partial charge in [0.2, 0.25) is 0 Å². The van der Waals surface area contributed by atoms with E-state index in [0.717, 1.165) is 44.2 Å². The molecule has 0 spiro atoms. The van der Waals surface area contributed by atoms with Gasteiger partial charge in [-0.05, 0) is 25.6 Å². The second kappa shape index (κ2) is 5.93. The van der Waals surface area contributed by atoms with Crippen LogP contribution in [0.1, 0.15) is 19.0 Å². The highest BCUT2D eigenvalue weighted by molar-refractivity contribution is 5.37. The van der Waals surface area contributed by atoms with E-state index in [1.54, 1.807) is 0 Å². The summed E-state index contributed by atoms with van der Waals surface area (Å²) in [7, 11) is 1.91. The average molecular weight is 236 g/mol. The monoisotopic (exact) mass is 236 g/mol. The fourth-order valence-electron chi connectivity index (χ4n) is 1.97. The molecule has 2 rings (SSSR count). The molecule has 0 radical (unpaired) electrons. The molecule has 0 amide bonds. The maximum atomic E-state index is 5.64. The summed E-state index contributed by atoms with van der Waals surface area (Å²) < 4.78 is 5.64. The molecule has 1 aliphatic rings. The molecule has 5 heteroatoms. The number of hydrogen-bond donors (Lipinski definition) is 1. The van der Waals surface area contributed by atoms with Crippen LogP contribution in [0.3, 0.4) is 0 Å². The van der Waals surface area contributed by atoms with E-state index < -0.39 is 0 Å². The van der Waals surface area contributed by atoms with Gasteiger partial charge in [-0.1, -0.05) is 6.92 Å². The maximum absolute atomic E-state index is 5.64. The van der Waals surface area contributed by atoms with Crippen molar-refractivity contribution in [2.45, 2.75) is 26.0 Å². The highest BCUT2D eigenvalue weighted by atomic mass is 16.5. The van der Waals surface area contributed by atoms with Gasteiger partial charge in [0.15, 0.2) is 5.82 Å². The number of anilines is 1. The van der Waals surface area contributed by atoms with E-state index in [0.29, 0.717) is 6.10 Å². The van der Waals surface area contributed by atoms with Crippen LogP contribution in [-0.2, 0) is 11.3 Å². The molecule has 0 saturated carbocycles. The Morgan fingerprint density at radius 1 is 1.47 bits per heavy atom. The first-order valence-electron chi connectivity index (χ1n) is 6.17. The van der Waals surface area contributed by atoms with Gasteiger partial charge in [0, 0.05) is 19.6 Å². The Hall–Kier alpha value is -1.20. The molecule has 0 aromatic carbocycles. The first-order chi connectivity index (χ1) is 8.33. The molecule has 1 aliphatic heterocycles. The minimum Gasteiger partial charge on any atom is -0.375 e. The summed E-state index contributed by atoms with van der Waals surface area (Å²) in [6.45, 7) is 5.50. The van der Waals surface area contributed by atoms with Crippen molar-refractivity contribution in [3.63, 3.8) is 0 Å². The molecule has 1 N–H and O–H groups in total. The average Bonchev–Trinajstić information content (AvgIpc) is 2.40. The van der Waals surface area contributed by atoms with E-state index in [2.05, 4.69) is 27.3 Å². The van der Waals surface area contributed by atoms with Gasteiger partial charge in [0.25, 0.3) is 0 Å². The number of rotatable bonds is 4. The van der Waals surface area contributed by atoms with Crippen molar-refractivity contribution in [3.8, 4) is 0 Å². The van der Waals surface area contributed by atoms with Gasteiger partial charge in [-0.15, -0.1) is 5.10 Å². The zero-order chi connectivity index (χ0) is 12.1. The Morgan fingerprint density at radius 2 is 2.35 bits per heavy atom. The van der Waals surface area contributed by atoms with E-state index >= 15 is 0 Å². The number of hydrogen-bond acceptors (Lipinski definition) is 5. The molecule has 2 heterocycles. The standard InChI is InChI=1S/C12H20N4O/c1-3-11-9-16(6-7-17-11)12-5-4-10(8-13-2)14-15-12/h4-5,11,13H,3,6-9H2,1-2H3.